The largest absolute Gasteiger partial charge is 0.345 e. The molecule has 27 heavy (non-hydrogen) atoms. The van der Waals surface area contributed by atoms with Crippen molar-refractivity contribution in [1.29, 1.82) is 0 Å². The first kappa shape index (κ1) is 21.0. The van der Waals surface area contributed by atoms with Gasteiger partial charge in [0.15, 0.2) is 0 Å². The van der Waals surface area contributed by atoms with Crippen LogP contribution in [0.3, 0.4) is 0 Å². The number of hydrogen-bond donors (Lipinski definition) is 1. The lowest BCUT2D eigenvalue weighted by Crippen LogP contribution is -2.31. The number of carbonyl (C=O) groups is 1. The highest BCUT2D eigenvalue weighted by Gasteiger charge is 2.21. The molecular formula is C21H28N2O3S. The van der Waals surface area contributed by atoms with Gasteiger partial charge in [-0.15, -0.1) is 0 Å². The van der Waals surface area contributed by atoms with Crippen LogP contribution in [0, 0.1) is 12.8 Å². The molecule has 146 valence electrons. The van der Waals surface area contributed by atoms with E-state index in [4.69, 9.17) is 0 Å². The second kappa shape index (κ2) is 8.57. The lowest BCUT2D eigenvalue weighted by atomic mass is 9.96. The van der Waals surface area contributed by atoms with Gasteiger partial charge in [-0.1, -0.05) is 50.2 Å². The van der Waals surface area contributed by atoms with Crippen molar-refractivity contribution in [2.24, 2.45) is 5.92 Å². The van der Waals surface area contributed by atoms with Crippen molar-refractivity contribution in [1.82, 2.24) is 5.32 Å². The van der Waals surface area contributed by atoms with E-state index < -0.39 is 10.0 Å². The molecule has 2 aromatic carbocycles. The molecule has 0 spiro atoms. The average Bonchev–Trinajstić information content (AvgIpc) is 2.60. The number of rotatable bonds is 7. The van der Waals surface area contributed by atoms with Gasteiger partial charge in [0.1, 0.15) is 0 Å². The fourth-order valence-electron chi connectivity index (χ4n) is 3.06. The van der Waals surface area contributed by atoms with Crippen LogP contribution in [0.4, 0.5) is 5.69 Å². The number of nitrogens with one attached hydrogen (secondary N) is 1. The molecule has 2 rings (SSSR count). The van der Waals surface area contributed by atoms with Crippen LogP contribution in [0.5, 0.6) is 0 Å². The Hall–Kier alpha value is -2.34. The number of hydrogen-bond acceptors (Lipinski definition) is 3. The predicted octanol–water partition coefficient (Wildman–Crippen LogP) is 3.91. The summed E-state index contributed by atoms with van der Waals surface area (Å²) >= 11 is 0. The molecule has 0 radical (unpaired) electrons. The Morgan fingerprint density at radius 2 is 1.70 bits per heavy atom. The van der Waals surface area contributed by atoms with Gasteiger partial charge in [-0.05, 0) is 42.5 Å². The number of amides is 1. The Labute approximate surface area is 162 Å². The molecule has 0 saturated carbocycles. The third kappa shape index (κ3) is 5.32. The Morgan fingerprint density at radius 1 is 1.07 bits per heavy atom. The monoisotopic (exact) mass is 388 g/mol. The van der Waals surface area contributed by atoms with E-state index in [2.05, 4.69) is 19.2 Å². The SMILES string of the molecule is Cc1c(C(=O)N[C@@H](CC(C)C)c2ccccc2)cccc1N(C)S(C)(=O)=O. The van der Waals surface area contributed by atoms with Crippen LogP contribution in [0.2, 0.25) is 0 Å². The van der Waals surface area contributed by atoms with Gasteiger partial charge in [-0.3, -0.25) is 9.10 Å². The van der Waals surface area contributed by atoms with Crippen LogP contribution < -0.4 is 9.62 Å². The smallest absolute Gasteiger partial charge is 0.252 e. The maximum absolute atomic E-state index is 13.0. The fraction of sp³-hybridized carbons (Fsp3) is 0.381. The highest BCUT2D eigenvalue weighted by Crippen LogP contribution is 2.26. The van der Waals surface area contributed by atoms with Crippen LogP contribution in [0.15, 0.2) is 48.5 Å². The molecule has 0 heterocycles. The number of nitrogens with zero attached hydrogens (tertiary/aromatic N) is 1. The van der Waals surface area contributed by atoms with E-state index in [-0.39, 0.29) is 11.9 Å². The Kier molecular flexibility index (Phi) is 6.65. The van der Waals surface area contributed by atoms with Crippen molar-refractivity contribution in [2.75, 3.05) is 17.6 Å². The summed E-state index contributed by atoms with van der Waals surface area (Å²) in [5.41, 5.74) is 2.68. The second-order valence-corrected chi connectivity index (χ2v) is 9.26. The van der Waals surface area contributed by atoms with Gasteiger partial charge in [0.05, 0.1) is 18.0 Å². The Morgan fingerprint density at radius 3 is 2.26 bits per heavy atom. The highest BCUT2D eigenvalue weighted by molar-refractivity contribution is 7.92. The van der Waals surface area contributed by atoms with Gasteiger partial charge in [0.2, 0.25) is 10.0 Å². The molecule has 0 fully saturated rings. The van der Waals surface area contributed by atoms with Crippen molar-refractivity contribution in [3.8, 4) is 0 Å². The molecule has 0 unspecified atom stereocenters. The number of carbonyl (C=O) groups excluding carboxylic acids is 1. The number of sulfonamides is 1. The molecule has 1 atom stereocenters. The lowest BCUT2D eigenvalue weighted by molar-refractivity contribution is 0.0931. The molecule has 0 aromatic heterocycles. The van der Waals surface area contributed by atoms with E-state index in [0.717, 1.165) is 18.2 Å². The maximum Gasteiger partial charge on any atom is 0.252 e. The summed E-state index contributed by atoms with van der Waals surface area (Å²) in [6.07, 6.45) is 1.96. The van der Waals surface area contributed by atoms with Gasteiger partial charge >= 0.3 is 0 Å². The van der Waals surface area contributed by atoms with E-state index >= 15 is 0 Å². The van der Waals surface area contributed by atoms with Crippen LogP contribution in [-0.2, 0) is 10.0 Å². The molecule has 1 N–H and O–H groups in total. The standard InChI is InChI=1S/C21H28N2O3S/c1-15(2)14-19(17-10-7-6-8-11-17)22-21(24)18-12-9-13-20(16(18)3)23(4)27(5,25)26/h6-13,15,19H,14H2,1-5H3,(H,22,24)/t19-/m0/s1. The summed E-state index contributed by atoms with van der Waals surface area (Å²) in [4.78, 5) is 13.0. The summed E-state index contributed by atoms with van der Waals surface area (Å²) in [5, 5.41) is 3.12. The van der Waals surface area contributed by atoms with E-state index in [1.54, 1.807) is 25.1 Å². The first-order valence-electron chi connectivity index (χ1n) is 9.00. The van der Waals surface area contributed by atoms with Crippen LogP contribution >= 0.6 is 0 Å². The summed E-state index contributed by atoms with van der Waals surface area (Å²) in [5.74, 6) is 0.213. The van der Waals surface area contributed by atoms with Crippen LogP contribution in [0.25, 0.3) is 0 Å². The average molecular weight is 389 g/mol. The maximum atomic E-state index is 13.0. The van der Waals surface area contributed by atoms with Crippen molar-refractivity contribution in [3.63, 3.8) is 0 Å². The van der Waals surface area contributed by atoms with E-state index in [0.29, 0.717) is 22.7 Å². The van der Waals surface area contributed by atoms with Gasteiger partial charge in [0.25, 0.3) is 5.91 Å². The highest BCUT2D eigenvalue weighted by atomic mass is 32.2. The van der Waals surface area contributed by atoms with E-state index in [9.17, 15) is 13.2 Å². The van der Waals surface area contributed by atoms with Crippen molar-refractivity contribution in [3.05, 3.63) is 65.2 Å². The lowest BCUT2D eigenvalue weighted by Gasteiger charge is -2.23. The molecular weight excluding hydrogens is 360 g/mol. The zero-order valence-electron chi connectivity index (χ0n) is 16.6. The molecule has 2 aromatic rings. The molecule has 0 aliphatic carbocycles. The zero-order valence-corrected chi connectivity index (χ0v) is 17.4. The minimum absolute atomic E-state index is 0.102. The molecule has 0 aliphatic rings. The molecule has 6 heteroatoms. The van der Waals surface area contributed by atoms with Gasteiger partial charge in [-0.2, -0.15) is 0 Å². The van der Waals surface area contributed by atoms with E-state index in [1.807, 2.05) is 30.3 Å². The first-order chi connectivity index (χ1) is 12.6. The summed E-state index contributed by atoms with van der Waals surface area (Å²) < 4.78 is 24.9. The zero-order chi connectivity index (χ0) is 20.2. The summed E-state index contributed by atoms with van der Waals surface area (Å²) in [6, 6.07) is 14.9. The van der Waals surface area contributed by atoms with Gasteiger partial charge < -0.3 is 5.32 Å². The molecule has 1 amide bonds. The molecule has 0 aliphatic heterocycles. The minimum Gasteiger partial charge on any atom is -0.345 e. The second-order valence-electron chi connectivity index (χ2n) is 7.25. The van der Waals surface area contributed by atoms with Crippen molar-refractivity contribution in [2.45, 2.75) is 33.2 Å². The molecule has 0 bridgehead atoms. The predicted molar refractivity (Wildman–Crippen MR) is 111 cm³/mol. The first-order valence-corrected chi connectivity index (χ1v) is 10.9. The molecule has 0 saturated heterocycles. The third-order valence-corrected chi connectivity index (χ3v) is 5.79. The third-order valence-electron chi connectivity index (χ3n) is 4.60. The van der Waals surface area contributed by atoms with Crippen LogP contribution in [-0.4, -0.2) is 27.6 Å². The number of benzene rings is 2. The Balaban J connectivity index is 2.33. The summed E-state index contributed by atoms with van der Waals surface area (Å²) in [7, 11) is -1.91. The van der Waals surface area contributed by atoms with Crippen molar-refractivity contribution < 1.29 is 13.2 Å². The topological polar surface area (TPSA) is 66.5 Å². The summed E-state index contributed by atoms with van der Waals surface area (Å²) in [6.45, 7) is 6.01. The fourth-order valence-corrected chi connectivity index (χ4v) is 3.62. The van der Waals surface area contributed by atoms with Crippen molar-refractivity contribution >= 4 is 21.6 Å². The normalized spacial score (nSPS) is 12.7. The van der Waals surface area contributed by atoms with E-state index in [1.165, 1.54) is 11.4 Å². The quantitative estimate of drug-likeness (QED) is 0.782. The van der Waals surface area contributed by atoms with Gasteiger partial charge in [0, 0.05) is 12.6 Å². The Bertz CT molecular complexity index is 893. The van der Waals surface area contributed by atoms with Gasteiger partial charge in [-0.25, -0.2) is 8.42 Å². The molecule has 5 nitrogen and oxygen atoms in total. The number of anilines is 1. The minimum atomic E-state index is -3.40. The van der Waals surface area contributed by atoms with Crippen LogP contribution in [0.1, 0.15) is 47.8 Å².